The minimum atomic E-state index is -1.68. The van der Waals surface area contributed by atoms with E-state index in [1.807, 2.05) is 13.8 Å². The molecule has 0 saturated heterocycles. The summed E-state index contributed by atoms with van der Waals surface area (Å²) in [4.78, 5) is 23.8. The summed E-state index contributed by atoms with van der Waals surface area (Å²) in [6, 6.07) is 1.59. The first-order chi connectivity index (χ1) is 10.8. The smallest absolute Gasteiger partial charge is 0.243 e. The highest BCUT2D eigenvalue weighted by atomic mass is 35.5. The van der Waals surface area contributed by atoms with Crippen LogP contribution >= 0.6 is 12.4 Å². The van der Waals surface area contributed by atoms with Crippen molar-refractivity contribution in [3.63, 3.8) is 0 Å². The average molecular weight is 368 g/mol. The zero-order chi connectivity index (χ0) is 17.6. The van der Waals surface area contributed by atoms with Crippen LogP contribution in [0, 0.1) is 22.9 Å². The number of hydrogen-bond acceptors (Lipinski definition) is 3. The van der Waals surface area contributed by atoms with Gasteiger partial charge in [-0.15, -0.1) is 12.4 Å². The zero-order valence-electron chi connectivity index (χ0n) is 13.4. The molecule has 2 amide bonds. The van der Waals surface area contributed by atoms with Crippen molar-refractivity contribution < 1.29 is 22.8 Å². The van der Waals surface area contributed by atoms with Gasteiger partial charge >= 0.3 is 0 Å². The number of carbonyl (C=O) groups is 2. The van der Waals surface area contributed by atoms with Gasteiger partial charge < -0.3 is 16.4 Å². The molecule has 0 aliphatic carbocycles. The van der Waals surface area contributed by atoms with Crippen LogP contribution in [0.4, 0.5) is 18.9 Å². The summed E-state index contributed by atoms with van der Waals surface area (Å²) < 4.78 is 39.3. The van der Waals surface area contributed by atoms with E-state index < -0.39 is 41.0 Å². The van der Waals surface area contributed by atoms with Crippen LogP contribution in [0.1, 0.15) is 26.7 Å². The minimum Gasteiger partial charge on any atom is -0.347 e. The van der Waals surface area contributed by atoms with E-state index in [0.29, 0.717) is 18.9 Å². The number of hydrogen-bond donors (Lipinski definition) is 3. The lowest BCUT2D eigenvalue weighted by molar-refractivity contribution is -0.132. The Morgan fingerprint density at radius 2 is 1.71 bits per heavy atom. The standard InChI is InChI=1S/C15H20F3N3O2.ClH/c1-3-15(4-2,8-19)14(23)20-7-11(22)21-10-6-5-9(16)12(17)13(10)18;/h5-6H,3-4,7-8,19H2,1-2H3,(H,20,23)(H,21,22);1H. The van der Waals surface area contributed by atoms with Gasteiger partial charge in [0.2, 0.25) is 11.8 Å². The van der Waals surface area contributed by atoms with Crippen molar-refractivity contribution in [2.75, 3.05) is 18.4 Å². The normalized spacial score (nSPS) is 10.8. The van der Waals surface area contributed by atoms with Crippen molar-refractivity contribution in [2.45, 2.75) is 26.7 Å². The molecule has 0 atom stereocenters. The Labute approximate surface area is 144 Å². The number of carbonyl (C=O) groups excluding carboxylic acids is 2. The largest absolute Gasteiger partial charge is 0.347 e. The summed E-state index contributed by atoms with van der Waals surface area (Å²) >= 11 is 0. The summed E-state index contributed by atoms with van der Waals surface area (Å²) in [7, 11) is 0. The van der Waals surface area contributed by atoms with Crippen LogP contribution in [-0.4, -0.2) is 24.9 Å². The molecular formula is C15H21ClF3N3O2. The van der Waals surface area contributed by atoms with Crippen molar-refractivity contribution in [1.82, 2.24) is 5.32 Å². The molecule has 0 aliphatic rings. The van der Waals surface area contributed by atoms with E-state index in [0.717, 1.165) is 6.07 Å². The minimum absolute atomic E-state index is 0. The molecule has 24 heavy (non-hydrogen) atoms. The average Bonchev–Trinajstić information content (AvgIpc) is 2.55. The Hall–Kier alpha value is -1.80. The molecule has 5 nitrogen and oxygen atoms in total. The van der Waals surface area contributed by atoms with Gasteiger partial charge in [-0.3, -0.25) is 9.59 Å². The van der Waals surface area contributed by atoms with Crippen molar-refractivity contribution >= 4 is 29.9 Å². The number of nitrogens with two attached hydrogens (primary N) is 1. The van der Waals surface area contributed by atoms with E-state index in [2.05, 4.69) is 10.6 Å². The summed E-state index contributed by atoms with van der Waals surface area (Å²) in [5.41, 5.74) is 4.35. The van der Waals surface area contributed by atoms with Gasteiger partial charge in [-0.1, -0.05) is 13.8 Å². The first kappa shape index (κ1) is 22.2. The van der Waals surface area contributed by atoms with E-state index in [4.69, 9.17) is 5.73 Å². The van der Waals surface area contributed by atoms with Crippen LogP contribution in [0.2, 0.25) is 0 Å². The number of benzene rings is 1. The highest BCUT2D eigenvalue weighted by Crippen LogP contribution is 2.25. The lowest BCUT2D eigenvalue weighted by Gasteiger charge is -2.28. The van der Waals surface area contributed by atoms with Crippen molar-refractivity contribution in [2.24, 2.45) is 11.1 Å². The fourth-order valence-corrected chi connectivity index (χ4v) is 2.12. The van der Waals surface area contributed by atoms with Gasteiger partial charge in [-0.05, 0) is 25.0 Å². The van der Waals surface area contributed by atoms with Crippen LogP contribution in [0.3, 0.4) is 0 Å². The lowest BCUT2D eigenvalue weighted by Crippen LogP contribution is -2.47. The maximum absolute atomic E-state index is 13.4. The molecule has 1 rings (SSSR count). The Morgan fingerprint density at radius 3 is 2.21 bits per heavy atom. The third kappa shape index (κ3) is 4.85. The Kier molecular flexibility index (Phi) is 8.77. The molecule has 0 heterocycles. The van der Waals surface area contributed by atoms with Gasteiger partial charge in [0.1, 0.15) is 0 Å². The number of anilines is 1. The maximum Gasteiger partial charge on any atom is 0.243 e. The van der Waals surface area contributed by atoms with E-state index in [-0.39, 0.29) is 24.9 Å². The number of nitrogens with one attached hydrogen (secondary N) is 2. The zero-order valence-corrected chi connectivity index (χ0v) is 14.2. The van der Waals surface area contributed by atoms with Crippen molar-refractivity contribution in [3.05, 3.63) is 29.6 Å². The fraction of sp³-hybridized carbons (Fsp3) is 0.467. The van der Waals surface area contributed by atoms with Crippen LogP contribution in [0.5, 0.6) is 0 Å². The molecule has 0 spiro atoms. The molecule has 0 fully saturated rings. The molecule has 0 unspecified atom stereocenters. The third-order valence-corrected chi connectivity index (χ3v) is 3.94. The van der Waals surface area contributed by atoms with Crippen LogP contribution < -0.4 is 16.4 Å². The Morgan fingerprint density at radius 1 is 1.12 bits per heavy atom. The van der Waals surface area contributed by atoms with Crippen LogP contribution in [-0.2, 0) is 9.59 Å². The number of halogens is 4. The molecule has 0 aromatic heterocycles. The predicted molar refractivity (Wildman–Crippen MR) is 87.3 cm³/mol. The number of amides is 2. The van der Waals surface area contributed by atoms with Gasteiger partial charge in [0, 0.05) is 6.54 Å². The Balaban J connectivity index is 0.00000529. The molecule has 1 aromatic rings. The third-order valence-electron chi connectivity index (χ3n) is 3.94. The summed E-state index contributed by atoms with van der Waals surface area (Å²) in [5, 5.41) is 4.49. The monoisotopic (exact) mass is 367 g/mol. The topological polar surface area (TPSA) is 84.2 Å². The fourth-order valence-electron chi connectivity index (χ4n) is 2.12. The molecule has 0 aliphatic heterocycles. The van der Waals surface area contributed by atoms with Gasteiger partial charge in [-0.25, -0.2) is 13.2 Å². The van der Waals surface area contributed by atoms with Gasteiger partial charge in [0.25, 0.3) is 0 Å². The summed E-state index contributed by atoms with van der Waals surface area (Å²) in [6.07, 6.45) is 1.01. The molecule has 0 saturated carbocycles. The molecule has 4 N–H and O–H groups in total. The molecule has 9 heteroatoms. The van der Waals surface area contributed by atoms with Crippen molar-refractivity contribution in [1.29, 1.82) is 0 Å². The predicted octanol–water partition coefficient (Wildman–Crippen LogP) is 2.35. The van der Waals surface area contributed by atoms with E-state index in [9.17, 15) is 22.8 Å². The van der Waals surface area contributed by atoms with E-state index >= 15 is 0 Å². The molecule has 0 bridgehead atoms. The quantitative estimate of drug-likeness (QED) is 0.647. The number of rotatable bonds is 7. The van der Waals surface area contributed by atoms with Crippen LogP contribution in [0.15, 0.2) is 12.1 Å². The Bertz CT molecular complexity index is 587. The summed E-state index contributed by atoms with van der Waals surface area (Å²) in [5.74, 6) is -5.67. The van der Waals surface area contributed by atoms with E-state index in [1.54, 1.807) is 0 Å². The lowest BCUT2D eigenvalue weighted by atomic mass is 9.81. The van der Waals surface area contributed by atoms with Gasteiger partial charge in [-0.2, -0.15) is 0 Å². The van der Waals surface area contributed by atoms with Gasteiger partial charge in [0.15, 0.2) is 17.5 Å². The first-order valence-electron chi connectivity index (χ1n) is 7.23. The SMILES string of the molecule is CCC(CC)(CN)C(=O)NCC(=O)Nc1ccc(F)c(F)c1F.Cl. The highest BCUT2D eigenvalue weighted by molar-refractivity contribution is 5.95. The summed E-state index contributed by atoms with van der Waals surface area (Å²) in [6.45, 7) is 3.32. The van der Waals surface area contributed by atoms with Crippen LogP contribution in [0.25, 0.3) is 0 Å². The highest BCUT2D eigenvalue weighted by Gasteiger charge is 2.33. The molecular weight excluding hydrogens is 347 g/mol. The second kappa shape index (κ2) is 9.48. The first-order valence-corrected chi connectivity index (χ1v) is 7.23. The van der Waals surface area contributed by atoms with Crippen molar-refractivity contribution in [3.8, 4) is 0 Å². The maximum atomic E-state index is 13.4. The molecule has 1 aromatic carbocycles. The van der Waals surface area contributed by atoms with Gasteiger partial charge in [0.05, 0.1) is 17.6 Å². The second-order valence-electron chi connectivity index (χ2n) is 5.15. The molecule has 136 valence electrons. The second-order valence-corrected chi connectivity index (χ2v) is 5.15. The van der Waals surface area contributed by atoms with E-state index in [1.165, 1.54) is 0 Å². The molecule has 0 radical (unpaired) electrons.